The van der Waals surface area contributed by atoms with Gasteiger partial charge < -0.3 is 0 Å². The minimum absolute atomic E-state index is 0.0119. The molecule has 0 amide bonds. The summed E-state index contributed by atoms with van der Waals surface area (Å²) >= 11 is 9.75. The van der Waals surface area contributed by atoms with Crippen LogP contribution in [0.3, 0.4) is 0 Å². The molecule has 0 aliphatic rings. The third-order valence-corrected chi connectivity index (χ3v) is 4.38. The SMILES string of the molecule is Cc1ccc(CC(NN)c2cc(Br)ccc2Cl)cc1C. The van der Waals surface area contributed by atoms with Crippen molar-refractivity contribution in [2.45, 2.75) is 26.3 Å². The van der Waals surface area contributed by atoms with E-state index in [2.05, 4.69) is 53.4 Å². The van der Waals surface area contributed by atoms with Gasteiger partial charge in [-0.1, -0.05) is 45.7 Å². The first kappa shape index (κ1) is 15.5. The van der Waals surface area contributed by atoms with Gasteiger partial charge in [-0.05, 0) is 60.7 Å². The Morgan fingerprint density at radius 2 is 1.90 bits per heavy atom. The van der Waals surface area contributed by atoms with Gasteiger partial charge in [-0.3, -0.25) is 11.3 Å². The van der Waals surface area contributed by atoms with Crippen LogP contribution in [0.5, 0.6) is 0 Å². The van der Waals surface area contributed by atoms with Crippen molar-refractivity contribution in [2.24, 2.45) is 5.84 Å². The third-order valence-electron chi connectivity index (χ3n) is 3.55. The van der Waals surface area contributed by atoms with Crippen LogP contribution in [-0.4, -0.2) is 0 Å². The minimum Gasteiger partial charge on any atom is -0.271 e. The summed E-state index contributed by atoms with van der Waals surface area (Å²) in [5, 5.41) is 0.722. The zero-order valence-corrected chi connectivity index (χ0v) is 13.9. The molecule has 2 nitrogen and oxygen atoms in total. The van der Waals surface area contributed by atoms with Crippen molar-refractivity contribution in [3.05, 3.63) is 68.1 Å². The van der Waals surface area contributed by atoms with E-state index in [1.807, 2.05) is 18.2 Å². The van der Waals surface area contributed by atoms with E-state index in [1.165, 1.54) is 16.7 Å². The first-order chi connectivity index (χ1) is 9.51. The predicted octanol–water partition coefficient (Wildman–Crippen LogP) is 4.47. The maximum atomic E-state index is 6.28. The zero-order valence-electron chi connectivity index (χ0n) is 11.6. The van der Waals surface area contributed by atoms with Gasteiger partial charge in [-0.15, -0.1) is 0 Å². The molecule has 0 spiro atoms. The largest absolute Gasteiger partial charge is 0.271 e. The molecule has 1 unspecified atom stereocenters. The Hall–Kier alpha value is -0.870. The van der Waals surface area contributed by atoms with Crippen LogP contribution in [-0.2, 0) is 6.42 Å². The lowest BCUT2D eigenvalue weighted by Gasteiger charge is -2.19. The number of rotatable bonds is 4. The number of hydrazine groups is 1. The Morgan fingerprint density at radius 1 is 1.15 bits per heavy atom. The summed E-state index contributed by atoms with van der Waals surface area (Å²) in [6, 6.07) is 12.3. The fourth-order valence-corrected chi connectivity index (χ4v) is 2.83. The molecule has 0 aliphatic heterocycles. The lowest BCUT2D eigenvalue weighted by atomic mass is 9.97. The molecule has 0 aliphatic carbocycles. The quantitative estimate of drug-likeness (QED) is 0.629. The van der Waals surface area contributed by atoms with Crippen molar-refractivity contribution in [3.63, 3.8) is 0 Å². The molecule has 106 valence electrons. The first-order valence-corrected chi connectivity index (χ1v) is 7.65. The van der Waals surface area contributed by atoms with Crippen molar-refractivity contribution in [2.75, 3.05) is 0 Å². The van der Waals surface area contributed by atoms with Crippen molar-refractivity contribution < 1.29 is 0 Å². The molecular formula is C16H18BrClN2. The van der Waals surface area contributed by atoms with E-state index in [0.717, 1.165) is 21.5 Å². The minimum atomic E-state index is -0.0119. The second-order valence-electron chi connectivity index (χ2n) is 5.01. The smallest absolute Gasteiger partial charge is 0.0515 e. The highest BCUT2D eigenvalue weighted by atomic mass is 79.9. The molecule has 0 radical (unpaired) electrons. The fourth-order valence-electron chi connectivity index (χ4n) is 2.21. The van der Waals surface area contributed by atoms with Crippen molar-refractivity contribution in [1.29, 1.82) is 0 Å². The summed E-state index contributed by atoms with van der Waals surface area (Å²) in [5.41, 5.74) is 7.70. The summed E-state index contributed by atoms with van der Waals surface area (Å²) in [5.74, 6) is 5.72. The third kappa shape index (κ3) is 3.61. The molecule has 0 heterocycles. The maximum absolute atomic E-state index is 6.28. The van der Waals surface area contributed by atoms with E-state index >= 15 is 0 Å². The van der Waals surface area contributed by atoms with Crippen LogP contribution in [0.1, 0.15) is 28.3 Å². The van der Waals surface area contributed by atoms with Crippen molar-refractivity contribution >= 4 is 27.5 Å². The van der Waals surface area contributed by atoms with Gasteiger partial charge in [0.15, 0.2) is 0 Å². The Bertz CT molecular complexity index is 613. The number of benzene rings is 2. The van der Waals surface area contributed by atoms with Gasteiger partial charge in [0.05, 0.1) is 6.04 Å². The van der Waals surface area contributed by atoms with Crippen molar-refractivity contribution in [1.82, 2.24) is 5.43 Å². The van der Waals surface area contributed by atoms with Gasteiger partial charge >= 0.3 is 0 Å². The monoisotopic (exact) mass is 352 g/mol. The molecule has 2 aromatic carbocycles. The lowest BCUT2D eigenvalue weighted by Crippen LogP contribution is -2.29. The second-order valence-corrected chi connectivity index (χ2v) is 6.33. The van der Waals surface area contributed by atoms with Gasteiger partial charge in [0.1, 0.15) is 0 Å². The molecule has 0 bridgehead atoms. The van der Waals surface area contributed by atoms with E-state index < -0.39 is 0 Å². The molecule has 4 heteroatoms. The van der Waals surface area contributed by atoms with Crippen LogP contribution in [0, 0.1) is 13.8 Å². The number of nitrogens with two attached hydrogens (primary N) is 1. The summed E-state index contributed by atoms with van der Waals surface area (Å²) < 4.78 is 0.997. The Balaban J connectivity index is 2.28. The fraction of sp³-hybridized carbons (Fsp3) is 0.250. The van der Waals surface area contributed by atoms with Crippen molar-refractivity contribution in [3.8, 4) is 0 Å². The number of hydrogen-bond donors (Lipinski definition) is 2. The highest BCUT2D eigenvalue weighted by Crippen LogP contribution is 2.28. The van der Waals surface area contributed by atoms with Gasteiger partial charge in [0, 0.05) is 9.50 Å². The van der Waals surface area contributed by atoms with E-state index in [-0.39, 0.29) is 6.04 Å². The summed E-state index contributed by atoms with van der Waals surface area (Å²) in [7, 11) is 0. The van der Waals surface area contributed by atoms with Crippen LogP contribution < -0.4 is 11.3 Å². The average molecular weight is 354 g/mol. The number of aryl methyl sites for hydroxylation is 2. The molecule has 0 saturated carbocycles. The van der Waals surface area contributed by atoms with Crippen LogP contribution in [0.25, 0.3) is 0 Å². The predicted molar refractivity (Wildman–Crippen MR) is 88.8 cm³/mol. The van der Waals surface area contributed by atoms with Crippen LogP contribution >= 0.6 is 27.5 Å². The summed E-state index contributed by atoms with van der Waals surface area (Å²) in [4.78, 5) is 0. The lowest BCUT2D eigenvalue weighted by molar-refractivity contribution is 0.552. The summed E-state index contributed by atoms with van der Waals surface area (Å²) in [6.45, 7) is 4.23. The van der Waals surface area contributed by atoms with Gasteiger partial charge in [-0.25, -0.2) is 0 Å². The molecule has 20 heavy (non-hydrogen) atoms. The van der Waals surface area contributed by atoms with Crippen LogP contribution in [0.4, 0.5) is 0 Å². The van der Waals surface area contributed by atoms with Gasteiger partial charge in [-0.2, -0.15) is 0 Å². The van der Waals surface area contributed by atoms with E-state index in [1.54, 1.807) is 0 Å². The average Bonchev–Trinajstić information content (AvgIpc) is 2.43. The standard InChI is InChI=1S/C16H18BrClN2/c1-10-3-4-12(7-11(10)2)8-16(20-19)14-9-13(17)5-6-15(14)18/h3-7,9,16,20H,8,19H2,1-2H3. The number of nitrogens with one attached hydrogen (secondary N) is 1. The number of halogens is 2. The Morgan fingerprint density at radius 3 is 2.55 bits per heavy atom. The molecule has 0 saturated heterocycles. The van der Waals surface area contributed by atoms with Gasteiger partial charge in [0.2, 0.25) is 0 Å². The van der Waals surface area contributed by atoms with E-state index in [4.69, 9.17) is 17.4 Å². The highest BCUT2D eigenvalue weighted by Gasteiger charge is 2.14. The topological polar surface area (TPSA) is 38.0 Å². The van der Waals surface area contributed by atoms with E-state index in [9.17, 15) is 0 Å². The molecule has 3 N–H and O–H groups in total. The first-order valence-electron chi connectivity index (χ1n) is 6.48. The zero-order chi connectivity index (χ0) is 14.7. The Kier molecular flexibility index (Phi) is 5.22. The maximum Gasteiger partial charge on any atom is 0.0515 e. The molecule has 0 fully saturated rings. The second kappa shape index (κ2) is 6.72. The molecule has 1 atom stereocenters. The van der Waals surface area contributed by atoms with Crippen LogP contribution in [0.2, 0.25) is 5.02 Å². The van der Waals surface area contributed by atoms with Crippen LogP contribution in [0.15, 0.2) is 40.9 Å². The molecule has 0 aromatic heterocycles. The molecule has 2 aromatic rings. The normalized spacial score (nSPS) is 12.4. The number of hydrogen-bond acceptors (Lipinski definition) is 2. The van der Waals surface area contributed by atoms with E-state index in [0.29, 0.717) is 0 Å². The molecule has 2 rings (SSSR count). The molecular weight excluding hydrogens is 336 g/mol. The Labute approximate surface area is 133 Å². The van der Waals surface area contributed by atoms with Gasteiger partial charge in [0.25, 0.3) is 0 Å². The summed E-state index contributed by atoms with van der Waals surface area (Å²) in [6.07, 6.45) is 0.799. The highest BCUT2D eigenvalue weighted by molar-refractivity contribution is 9.10.